The van der Waals surface area contributed by atoms with Gasteiger partial charge >= 0.3 is 0 Å². The first kappa shape index (κ1) is 21.2. The van der Waals surface area contributed by atoms with Gasteiger partial charge in [0.05, 0.1) is 11.1 Å². The Morgan fingerprint density at radius 2 is 1.63 bits per heavy atom. The van der Waals surface area contributed by atoms with Crippen LogP contribution in [0.2, 0.25) is 0 Å². The van der Waals surface area contributed by atoms with Gasteiger partial charge in [-0.1, -0.05) is 0 Å². The molecule has 0 unspecified atom stereocenters. The van der Waals surface area contributed by atoms with Crippen LogP contribution in [0, 0.1) is 6.92 Å². The van der Waals surface area contributed by atoms with Crippen LogP contribution in [0.5, 0.6) is 0 Å². The molecule has 2 N–H and O–H groups in total. The maximum absolute atomic E-state index is 13.4. The molecule has 7 nitrogen and oxygen atoms in total. The molecule has 0 fully saturated rings. The van der Waals surface area contributed by atoms with Crippen LogP contribution in [0.3, 0.4) is 0 Å². The second-order valence-corrected chi connectivity index (χ2v) is 6.49. The van der Waals surface area contributed by atoms with E-state index in [-0.39, 0.29) is 22.6 Å². The zero-order valence-corrected chi connectivity index (χ0v) is 15.9. The Morgan fingerprint density at radius 3 is 2.17 bits per heavy atom. The zero-order chi connectivity index (χ0) is 22.0. The summed E-state index contributed by atoms with van der Waals surface area (Å²) < 4.78 is 54.0. The van der Waals surface area contributed by atoms with Crippen molar-refractivity contribution in [3.8, 4) is 0 Å². The number of fused-ring (bicyclic) bond motifs is 1. The third kappa shape index (κ3) is 4.56. The molecule has 0 bridgehead atoms. The number of nitrogens with one attached hydrogen (secondary N) is 2. The number of pyridine rings is 1. The summed E-state index contributed by atoms with van der Waals surface area (Å²) in [5.74, 6) is -0.805. The molecule has 2 aromatic heterocycles. The van der Waals surface area contributed by atoms with E-state index < -0.39 is 36.6 Å². The van der Waals surface area contributed by atoms with Crippen LogP contribution in [0.4, 0.5) is 28.9 Å². The van der Waals surface area contributed by atoms with Crippen molar-refractivity contribution in [2.75, 3.05) is 10.6 Å². The standard InChI is InChI=1S/C19H17F4N5O2/c1-9-16-13(17(20)21)7-14(18(22)23)26-19(16)28(27-9)8-15(30)25-12-5-3-11(4-6-12)24-10(2)29/h3-7,17-18H,8H2,1-2H3,(H,24,29)(H,25,30). The van der Waals surface area contributed by atoms with Gasteiger partial charge in [-0.05, 0) is 37.3 Å². The maximum atomic E-state index is 13.4. The minimum absolute atomic E-state index is 0.0538. The summed E-state index contributed by atoms with van der Waals surface area (Å²) >= 11 is 0. The van der Waals surface area contributed by atoms with E-state index in [1.165, 1.54) is 13.8 Å². The quantitative estimate of drug-likeness (QED) is 0.582. The smallest absolute Gasteiger partial charge is 0.280 e. The van der Waals surface area contributed by atoms with Gasteiger partial charge in [-0.3, -0.25) is 9.59 Å². The van der Waals surface area contributed by atoms with Gasteiger partial charge in [0, 0.05) is 23.9 Å². The van der Waals surface area contributed by atoms with Crippen LogP contribution in [0.15, 0.2) is 30.3 Å². The summed E-state index contributed by atoms with van der Waals surface area (Å²) in [6.45, 7) is 2.38. The van der Waals surface area contributed by atoms with Crippen molar-refractivity contribution in [3.05, 3.63) is 47.3 Å². The molecule has 30 heavy (non-hydrogen) atoms. The Bertz CT molecular complexity index is 1100. The molecular weight excluding hydrogens is 406 g/mol. The van der Waals surface area contributed by atoms with Crippen LogP contribution >= 0.6 is 0 Å². The van der Waals surface area contributed by atoms with Crippen LogP contribution in [0.25, 0.3) is 11.0 Å². The lowest BCUT2D eigenvalue weighted by Crippen LogP contribution is -2.20. The van der Waals surface area contributed by atoms with E-state index >= 15 is 0 Å². The van der Waals surface area contributed by atoms with Gasteiger partial charge < -0.3 is 10.6 Å². The monoisotopic (exact) mass is 423 g/mol. The number of carbonyl (C=O) groups excluding carboxylic acids is 2. The molecule has 0 aliphatic carbocycles. The van der Waals surface area contributed by atoms with E-state index in [9.17, 15) is 27.2 Å². The fourth-order valence-electron chi connectivity index (χ4n) is 2.98. The summed E-state index contributed by atoms with van der Waals surface area (Å²) in [4.78, 5) is 27.1. The van der Waals surface area contributed by atoms with Crippen LogP contribution < -0.4 is 10.6 Å². The number of nitrogens with zero attached hydrogens (tertiary/aromatic N) is 3. The molecule has 3 aromatic rings. The van der Waals surface area contributed by atoms with Gasteiger partial charge in [0.2, 0.25) is 11.8 Å². The largest absolute Gasteiger partial charge is 0.326 e. The number of halogens is 4. The fraction of sp³-hybridized carbons (Fsp3) is 0.263. The molecule has 0 aliphatic heterocycles. The Kier molecular flexibility index (Phi) is 5.99. The Hall–Kier alpha value is -3.50. The van der Waals surface area contributed by atoms with Crippen molar-refractivity contribution >= 4 is 34.2 Å². The molecular formula is C19H17F4N5O2. The first-order chi connectivity index (χ1) is 14.2. The number of aryl methyl sites for hydroxylation is 1. The number of hydrogen-bond acceptors (Lipinski definition) is 4. The third-order valence-corrected chi connectivity index (χ3v) is 4.17. The third-order valence-electron chi connectivity index (χ3n) is 4.17. The number of anilines is 2. The van der Waals surface area contributed by atoms with E-state index in [0.29, 0.717) is 17.4 Å². The SMILES string of the molecule is CC(=O)Nc1ccc(NC(=O)Cn2nc(C)c3c(C(F)F)cc(C(F)F)nc32)cc1. The Balaban J connectivity index is 1.86. The summed E-state index contributed by atoms with van der Waals surface area (Å²) in [5.41, 5.74) is -0.520. The van der Waals surface area contributed by atoms with E-state index in [2.05, 4.69) is 20.7 Å². The highest BCUT2D eigenvalue weighted by molar-refractivity contribution is 5.93. The number of amides is 2. The number of benzene rings is 1. The molecule has 11 heteroatoms. The van der Waals surface area contributed by atoms with Crippen LogP contribution in [0.1, 0.15) is 36.7 Å². The number of hydrogen-bond donors (Lipinski definition) is 2. The van der Waals surface area contributed by atoms with Gasteiger partial charge in [0.1, 0.15) is 12.2 Å². The Morgan fingerprint density at radius 1 is 1.03 bits per heavy atom. The minimum atomic E-state index is -3.05. The summed E-state index contributed by atoms with van der Waals surface area (Å²) in [6.07, 6.45) is -6.05. The van der Waals surface area contributed by atoms with E-state index in [4.69, 9.17) is 0 Å². The van der Waals surface area contributed by atoms with Gasteiger partial charge in [-0.25, -0.2) is 27.2 Å². The van der Waals surface area contributed by atoms with Crippen molar-refractivity contribution in [1.82, 2.24) is 14.8 Å². The second kappa shape index (κ2) is 8.47. The van der Waals surface area contributed by atoms with Gasteiger partial charge in [-0.2, -0.15) is 5.10 Å². The molecule has 1 aromatic carbocycles. The normalized spacial score (nSPS) is 11.3. The second-order valence-electron chi connectivity index (χ2n) is 6.49. The summed E-state index contributed by atoms with van der Waals surface area (Å²) in [7, 11) is 0. The predicted octanol–water partition coefficient (Wildman–Crippen LogP) is 4.21. The lowest BCUT2D eigenvalue weighted by atomic mass is 10.1. The van der Waals surface area contributed by atoms with E-state index in [0.717, 1.165) is 4.68 Å². The fourth-order valence-corrected chi connectivity index (χ4v) is 2.98. The molecule has 2 amide bonds. The lowest BCUT2D eigenvalue weighted by molar-refractivity contribution is -0.117. The van der Waals surface area contributed by atoms with Gasteiger partial charge in [0.25, 0.3) is 12.9 Å². The van der Waals surface area contributed by atoms with Crippen molar-refractivity contribution in [3.63, 3.8) is 0 Å². The minimum Gasteiger partial charge on any atom is -0.326 e. The highest BCUT2D eigenvalue weighted by Gasteiger charge is 2.23. The first-order valence-corrected chi connectivity index (χ1v) is 8.77. The number of rotatable bonds is 6. The van der Waals surface area contributed by atoms with Crippen LogP contribution in [-0.2, 0) is 16.1 Å². The van der Waals surface area contributed by atoms with Gasteiger partial charge in [-0.15, -0.1) is 0 Å². The summed E-state index contributed by atoms with van der Waals surface area (Å²) in [5, 5.41) is 9.14. The molecule has 3 rings (SSSR count). The molecule has 0 radical (unpaired) electrons. The predicted molar refractivity (Wildman–Crippen MR) is 102 cm³/mol. The molecule has 0 saturated carbocycles. The molecule has 0 spiro atoms. The van der Waals surface area contributed by atoms with Crippen molar-refractivity contribution < 1.29 is 27.2 Å². The van der Waals surface area contributed by atoms with Crippen molar-refractivity contribution in [1.29, 1.82) is 0 Å². The molecule has 0 saturated heterocycles. The average molecular weight is 423 g/mol. The van der Waals surface area contributed by atoms with Crippen molar-refractivity contribution in [2.24, 2.45) is 0 Å². The maximum Gasteiger partial charge on any atom is 0.280 e. The molecule has 0 atom stereocenters. The van der Waals surface area contributed by atoms with E-state index in [1.54, 1.807) is 24.3 Å². The number of carbonyl (C=O) groups is 2. The topological polar surface area (TPSA) is 88.9 Å². The zero-order valence-electron chi connectivity index (χ0n) is 15.9. The highest BCUT2D eigenvalue weighted by atomic mass is 19.3. The molecule has 2 heterocycles. The molecule has 0 aliphatic rings. The number of alkyl halides is 4. The van der Waals surface area contributed by atoms with Crippen LogP contribution in [-0.4, -0.2) is 26.6 Å². The summed E-state index contributed by atoms with van der Waals surface area (Å²) in [6, 6.07) is 6.93. The van der Waals surface area contributed by atoms with E-state index in [1.807, 2.05) is 0 Å². The number of aromatic nitrogens is 3. The first-order valence-electron chi connectivity index (χ1n) is 8.77. The lowest BCUT2D eigenvalue weighted by Gasteiger charge is -2.09. The Labute approximate surface area is 168 Å². The molecule has 158 valence electrons. The van der Waals surface area contributed by atoms with Crippen molar-refractivity contribution in [2.45, 2.75) is 33.2 Å². The van der Waals surface area contributed by atoms with Gasteiger partial charge in [0.15, 0.2) is 5.65 Å². The highest BCUT2D eigenvalue weighted by Crippen LogP contribution is 2.32. The average Bonchev–Trinajstić information content (AvgIpc) is 2.97.